The van der Waals surface area contributed by atoms with Crippen LogP contribution in [0.4, 0.5) is 0 Å². The predicted octanol–water partition coefficient (Wildman–Crippen LogP) is 3.05. The van der Waals surface area contributed by atoms with Gasteiger partial charge in [0.05, 0.1) is 12.5 Å². The van der Waals surface area contributed by atoms with Crippen LogP contribution in [0.15, 0.2) is 0 Å². The van der Waals surface area contributed by atoms with Crippen molar-refractivity contribution in [1.82, 2.24) is 4.90 Å². The molecule has 0 aromatic rings. The predicted molar refractivity (Wildman–Crippen MR) is 94.1 cm³/mol. The number of nitrogens with two attached hydrogens (primary N) is 1. The molecule has 0 aromatic carbocycles. The van der Waals surface area contributed by atoms with Crippen LogP contribution in [-0.4, -0.2) is 42.6 Å². The van der Waals surface area contributed by atoms with Gasteiger partial charge in [0, 0.05) is 12.1 Å². The molecule has 23 heavy (non-hydrogen) atoms. The molecule has 4 heteroatoms. The third-order valence-corrected chi connectivity index (χ3v) is 7.66. The minimum Gasteiger partial charge on any atom is -0.466 e. The third-order valence-electron chi connectivity index (χ3n) is 7.66. The summed E-state index contributed by atoms with van der Waals surface area (Å²) in [4.78, 5) is 15.3. The molecule has 2 aliphatic rings. The molecule has 4 atom stereocenters. The zero-order valence-electron chi connectivity index (χ0n) is 15.9. The van der Waals surface area contributed by atoms with Crippen LogP contribution in [0.1, 0.15) is 60.8 Å². The van der Waals surface area contributed by atoms with Gasteiger partial charge < -0.3 is 10.5 Å². The van der Waals surface area contributed by atoms with Crippen molar-refractivity contribution in [2.75, 3.05) is 26.2 Å². The van der Waals surface area contributed by atoms with E-state index in [2.05, 4.69) is 39.5 Å². The Labute approximate surface area is 142 Å². The van der Waals surface area contributed by atoms with Gasteiger partial charge in [0.1, 0.15) is 0 Å². The molecule has 134 valence electrons. The van der Waals surface area contributed by atoms with E-state index in [1.54, 1.807) is 0 Å². The summed E-state index contributed by atoms with van der Waals surface area (Å²) in [5.41, 5.74) is 6.31. The number of hydrogen-bond donors (Lipinski definition) is 1. The van der Waals surface area contributed by atoms with Crippen LogP contribution in [0.2, 0.25) is 0 Å². The van der Waals surface area contributed by atoms with E-state index < -0.39 is 0 Å². The van der Waals surface area contributed by atoms with Crippen molar-refractivity contribution in [3.63, 3.8) is 0 Å². The quantitative estimate of drug-likeness (QED) is 0.731. The van der Waals surface area contributed by atoms with Crippen LogP contribution in [0.3, 0.4) is 0 Å². The zero-order chi connectivity index (χ0) is 17.5. The molecular weight excluding hydrogens is 288 g/mol. The second kappa shape index (κ2) is 6.36. The Morgan fingerprint density at radius 3 is 2.22 bits per heavy atom. The number of rotatable bonds is 7. The topological polar surface area (TPSA) is 55.6 Å². The lowest BCUT2D eigenvalue weighted by Crippen LogP contribution is -2.66. The first-order chi connectivity index (χ1) is 10.8. The highest BCUT2D eigenvalue weighted by Crippen LogP contribution is 2.72. The van der Waals surface area contributed by atoms with E-state index in [-0.39, 0.29) is 28.3 Å². The molecule has 0 amide bonds. The summed E-state index contributed by atoms with van der Waals surface area (Å²) >= 11 is 0. The van der Waals surface area contributed by atoms with Crippen LogP contribution in [0.25, 0.3) is 0 Å². The molecule has 0 heterocycles. The van der Waals surface area contributed by atoms with Gasteiger partial charge in [0.25, 0.3) is 0 Å². The molecular formula is C19H36N2O2. The van der Waals surface area contributed by atoms with Gasteiger partial charge in [0.15, 0.2) is 0 Å². The summed E-state index contributed by atoms with van der Waals surface area (Å²) in [6, 6.07) is 0. The van der Waals surface area contributed by atoms with Crippen molar-refractivity contribution in [1.29, 1.82) is 0 Å². The van der Waals surface area contributed by atoms with Crippen LogP contribution < -0.4 is 5.73 Å². The molecule has 0 aliphatic heterocycles. The van der Waals surface area contributed by atoms with Crippen LogP contribution in [0.5, 0.6) is 0 Å². The molecule has 2 fully saturated rings. The van der Waals surface area contributed by atoms with Crippen molar-refractivity contribution in [3.8, 4) is 0 Å². The van der Waals surface area contributed by atoms with Crippen LogP contribution >= 0.6 is 0 Å². The third kappa shape index (κ3) is 2.28. The molecule has 2 bridgehead atoms. The average molecular weight is 325 g/mol. The first kappa shape index (κ1) is 18.7. The lowest BCUT2D eigenvalue weighted by Gasteiger charge is -2.57. The Balaban J connectivity index is 2.57. The van der Waals surface area contributed by atoms with Gasteiger partial charge >= 0.3 is 5.97 Å². The molecule has 2 rings (SSSR count). The standard InChI is InChI=1S/C19H36N2O2/c1-7-21(8-2)19(15(13-20)16(22)23-9-3)12-14-10-11-18(19,6)17(14,4)5/h14-15H,7-13,20H2,1-6H3/t14-,15-,18-,19-/m0/s1. The number of ether oxygens (including phenoxy) is 1. The SMILES string of the molecule is CCOC(=O)[C@H](CN)[C@@]1(N(CC)CC)C[C@@H]2CC[C@@]1(C)C2(C)C. The summed E-state index contributed by atoms with van der Waals surface area (Å²) < 4.78 is 5.45. The largest absolute Gasteiger partial charge is 0.466 e. The molecule has 2 aliphatic carbocycles. The number of esters is 1. The van der Waals surface area contributed by atoms with E-state index in [1.807, 2.05) is 6.92 Å². The highest BCUT2D eigenvalue weighted by atomic mass is 16.5. The Morgan fingerprint density at radius 1 is 1.26 bits per heavy atom. The molecule has 0 unspecified atom stereocenters. The fourth-order valence-corrected chi connectivity index (χ4v) is 6.07. The second-order valence-corrected chi connectivity index (χ2v) is 8.13. The van der Waals surface area contributed by atoms with Gasteiger partial charge in [-0.1, -0.05) is 34.6 Å². The molecule has 0 saturated heterocycles. The van der Waals surface area contributed by atoms with Crippen molar-refractivity contribution >= 4 is 5.97 Å². The van der Waals surface area contributed by atoms with E-state index in [9.17, 15) is 4.79 Å². The first-order valence-electron chi connectivity index (χ1n) is 9.38. The van der Waals surface area contributed by atoms with Crippen LogP contribution in [-0.2, 0) is 9.53 Å². The molecule has 0 spiro atoms. The molecule has 2 N–H and O–H groups in total. The van der Waals surface area contributed by atoms with Crippen molar-refractivity contribution in [2.45, 2.75) is 66.3 Å². The summed E-state index contributed by atoms with van der Waals surface area (Å²) in [5.74, 6) is 0.319. The smallest absolute Gasteiger partial charge is 0.312 e. The number of carbonyl (C=O) groups excluding carboxylic acids is 1. The Hall–Kier alpha value is -0.610. The van der Waals surface area contributed by atoms with Crippen molar-refractivity contribution in [2.24, 2.45) is 28.4 Å². The Morgan fingerprint density at radius 2 is 1.87 bits per heavy atom. The maximum Gasteiger partial charge on any atom is 0.312 e. The highest BCUT2D eigenvalue weighted by Gasteiger charge is 2.72. The van der Waals surface area contributed by atoms with E-state index in [1.165, 1.54) is 12.8 Å². The number of hydrogen-bond acceptors (Lipinski definition) is 4. The highest BCUT2D eigenvalue weighted by molar-refractivity contribution is 5.75. The molecule has 0 aromatic heterocycles. The number of fused-ring (bicyclic) bond motifs is 2. The van der Waals surface area contributed by atoms with Crippen LogP contribution in [0, 0.1) is 22.7 Å². The van der Waals surface area contributed by atoms with Gasteiger partial charge in [-0.05, 0) is 56.0 Å². The zero-order valence-corrected chi connectivity index (χ0v) is 15.9. The second-order valence-electron chi connectivity index (χ2n) is 8.13. The fourth-order valence-electron chi connectivity index (χ4n) is 6.07. The van der Waals surface area contributed by atoms with Crippen molar-refractivity contribution in [3.05, 3.63) is 0 Å². The summed E-state index contributed by atoms with van der Waals surface area (Å²) in [6.45, 7) is 16.2. The fraction of sp³-hybridized carbons (Fsp3) is 0.947. The van der Waals surface area contributed by atoms with E-state index in [0.717, 1.165) is 19.5 Å². The minimum absolute atomic E-state index is 0.0908. The van der Waals surface area contributed by atoms with Gasteiger partial charge in [-0.2, -0.15) is 0 Å². The summed E-state index contributed by atoms with van der Waals surface area (Å²) in [7, 11) is 0. The van der Waals surface area contributed by atoms with E-state index >= 15 is 0 Å². The van der Waals surface area contributed by atoms with Crippen molar-refractivity contribution < 1.29 is 9.53 Å². The van der Waals surface area contributed by atoms with E-state index in [4.69, 9.17) is 10.5 Å². The molecule has 0 radical (unpaired) electrons. The molecule has 2 saturated carbocycles. The van der Waals surface area contributed by atoms with E-state index in [0.29, 0.717) is 19.1 Å². The lowest BCUT2D eigenvalue weighted by molar-refractivity contribution is -0.162. The van der Waals surface area contributed by atoms with Gasteiger partial charge in [0.2, 0.25) is 0 Å². The minimum atomic E-state index is -0.239. The Kier molecular flexibility index (Phi) is 5.18. The molecule has 4 nitrogen and oxygen atoms in total. The van der Waals surface area contributed by atoms with Gasteiger partial charge in [-0.3, -0.25) is 9.69 Å². The number of carbonyl (C=O) groups is 1. The summed E-state index contributed by atoms with van der Waals surface area (Å²) in [6.07, 6.45) is 3.52. The average Bonchev–Trinajstić information content (AvgIpc) is 2.82. The monoisotopic (exact) mass is 324 g/mol. The Bertz CT molecular complexity index is 447. The summed E-state index contributed by atoms with van der Waals surface area (Å²) in [5, 5.41) is 0. The normalized spacial score (nSPS) is 36.4. The maximum atomic E-state index is 12.8. The maximum absolute atomic E-state index is 12.8. The van der Waals surface area contributed by atoms with Gasteiger partial charge in [-0.15, -0.1) is 0 Å². The lowest BCUT2D eigenvalue weighted by atomic mass is 9.57. The van der Waals surface area contributed by atoms with Gasteiger partial charge in [-0.25, -0.2) is 0 Å². The first-order valence-corrected chi connectivity index (χ1v) is 9.38. The number of nitrogens with zero attached hydrogens (tertiary/aromatic N) is 1.